The molecule has 3 aromatic rings. The van der Waals surface area contributed by atoms with Crippen molar-refractivity contribution in [1.82, 2.24) is 20.1 Å². The highest BCUT2D eigenvalue weighted by Gasteiger charge is 2.62. The molecule has 1 saturated carbocycles. The summed E-state index contributed by atoms with van der Waals surface area (Å²) in [5, 5.41) is 10.8. The van der Waals surface area contributed by atoms with Crippen LogP contribution in [0.2, 0.25) is 5.02 Å². The van der Waals surface area contributed by atoms with Gasteiger partial charge in [0, 0.05) is 36.7 Å². The van der Waals surface area contributed by atoms with Crippen molar-refractivity contribution >= 4 is 23.3 Å². The van der Waals surface area contributed by atoms with Crippen LogP contribution >= 0.6 is 11.6 Å². The predicted molar refractivity (Wildman–Crippen MR) is 113 cm³/mol. The average molecular weight is 460 g/mol. The highest BCUT2D eigenvalue weighted by atomic mass is 35.5. The van der Waals surface area contributed by atoms with E-state index in [2.05, 4.69) is 27.4 Å². The highest BCUT2D eigenvalue weighted by Crippen LogP contribution is 2.55. The molecule has 3 unspecified atom stereocenters. The maximum Gasteiger partial charge on any atom is 0.323 e. The second kappa shape index (κ2) is 7.51. The molecule has 10 heteroatoms. The molecule has 2 fully saturated rings. The number of likely N-dealkylation sites (tertiary alicyclic amines) is 1. The Kier molecular flexibility index (Phi) is 4.88. The van der Waals surface area contributed by atoms with Crippen LogP contribution < -0.4 is 5.32 Å². The van der Waals surface area contributed by atoms with Crippen LogP contribution in [-0.2, 0) is 5.54 Å². The van der Waals surface area contributed by atoms with E-state index in [4.69, 9.17) is 16.0 Å². The van der Waals surface area contributed by atoms with Crippen molar-refractivity contribution < 1.29 is 18.0 Å². The van der Waals surface area contributed by atoms with Gasteiger partial charge >= 0.3 is 6.03 Å². The third-order valence-electron chi connectivity index (χ3n) is 6.22. The zero-order valence-electron chi connectivity index (χ0n) is 17.4. The molecule has 2 aromatic heterocycles. The zero-order valence-corrected chi connectivity index (χ0v) is 18.2. The molecule has 2 aliphatic rings. The van der Waals surface area contributed by atoms with Gasteiger partial charge in [-0.3, -0.25) is 4.98 Å². The smallest absolute Gasteiger partial charge is 0.323 e. The number of nitrogens with zero attached hydrogens (tertiary/aromatic N) is 4. The molecule has 1 aromatic carbocycles. The molecule has 32 heavy (non-hydrogen) atoms. The van der Waals surface area contributed by atoms with Gasteiger partial charge in [0.25, 0.3) is 0 Å². The fraction of sp³-hybridized carbons (Fsp3) is 0.364. The number of hydrogen-bond donors (Lipinski definition) is 1. The summed E-state index contributed by atoms with van der Waals surface area (Å²) in [6, 6.07) is 3.24. The van der Waals surface area contributed by atoms with Gasteiger partial charge in [-0.2, -0.15) is 0 Å². The summed E-state index contributed by atoms with van der Waals surface area (Å²) in [5.41, 5.74) is -0.0344. The van der Waals surface area contributed by atoms with Gasteiger partial charge in [-0.15, -0.1) is 10.2 Å². The Morgan fingerprint density at radius 3 is 2.78 bits per heavy atom. The van der Waals surface area contributed by atoms with Gasteiger partial charge in [-0.05, 0) is 37.0 Å². The van der Waals surface area contributed by atoms with Crippen LogP contribution in [0.1, 0.15) is 38.0 Å². The van der Waals surface area contributed by atoms with Crippen LogP contribution in [0.4, 0.5) is 19.3 Å². The minimum Gasteiger partial charge on any atom is -0.423 e. The maximum absolute atomic E-state index is 14.7. The molecule has 5 rings (SSSR count). The molecular weight excluding hydrogens is 440 g/mol. The predicted octanol–water partition coefficient (Wildman–Crippen LogP) is 5.30. The topological polar surface area (TPSA) is 84.2 Å². The zero-order chi connectivity index (χ0) is 22.6. The van der Waals surface area contributed by atoms with Crippen molar-refractivity contribution in [2.75, 3.05) is 5.32 Å². The van der Waals surface area contributed by atoms with Crippen LogP contribution in [0.5, 0.6) is 0 Å². The normalized spacial score (nSPS) is 24.2. The maximum atomic E-state index is 14.7. The lowest BCUT2D eigenvalue weighted by atomic mass is 9.64. The Bertz CT molecular complexity index is 1220. The first kappa shape index (κ1) is 20.8. The fourth-order valence-electron chi connectivity index (χ4n) is 5.03. The van der Waals surface area contributed by atoms with Crippen LogP contribution in [0.15, 0.2) is 35.0 Å². The van der Waals surface area contributed by atoms with Gasteiger partial charge in [0.2, 0.25) is 11.8 Å². The van der Waals surface area contributed by atoms with Crippen molar-refractivity contribution in [1.29, 1.82) is 0 Å². The minimum atomic E-state index is -0.702. The van der Waals surface area contributed by atoms with Gasteiger partial charge in [0.05, 0.1) is 16.9 Å². The molecule has 1 N–H and O–H groups in total. The van der Waals surface area contributed by atoms with E-state index in [0.29, 0.717) is 35.2 Å². The van der Waals surface area contributed by atoms with E-state index in [0.717, 1.165) is 25.1 Å². The standard InChI is InChI=1S/C22H20ClF2N5O2/c1-11-3-15-8-22(7-11,20-29-28-12(2)32-20)30(15)21(31)27-19-5-16(17(23)6-18(19)25)13-4-14(24)10-26-9-13/h4-6,9-11,15H,3,7-8H2,1-2H3,(H,27,31). The second-order valence-electron chi connectivity index (χ2n) is 8.56. The summed E-state index contributed by atoms with van der Waals surface area (Å²) in [7, 11) is 0. The number of nitrogens with one attached hydrogen (secondary N) is 1. The van der Waals surface area contributed by atoms with Gasteiger partial charge in [-0.1, -0.05) is 18.5 Å². The number of piperidine rings is 1. The lowest BCUT2D eigenvalue weighted by molar-refractivity contribution is -0.110. The molecule has 1 aliphatic heterocycles. The molecular formula is C22H20ClF2N5O2. The first-order chi connectivity index (χ1) is 15.3. The Morgan fingerprint density at radius 1 is 1.25 bits per heavy atom. The number of anilines is 1. The fourth-order valence-corrected chi connectivity index (χ4v) is 5.29. The molecule has 3 atom stereocenters. The summed E-state index contributed by atoms with van der Waals surface area (Å²) < 4.78 is 34.0. The number of pyridine rings is 1. The van der Waals surface area contributed by atoms with Gasteiger partial charge in [0.15, 0.2) is 0 Å². The van der Waals surface area contributed by atoms with E-state index in [-0.39, 0.29) is 16.8 Å². The van der Waals surface area contributed by atoms with Crippen molar-refractivity contribution in [3.8, 4) is 11.1 Å². The van der Waals surface area contributed by atoms with Gasteiger partial charge in [0.1, 0.15) is 17.2 Å². The Labute approximate surface area is 187 Å². The second-order valence-corrected chi connectivity index (χ2v) is 8.97. The quantitative estimate of drug-likeness (QED) is 0.574. The van der Waals surface area contributed by atoms with E-state index >= 15 is 0 Å². The Balaban J connectivity index is 1.47. The minimum absolute atomic E-state index is 0.00629. The van der Waals surface area contributed by atoms with Crippen molar-refractivity contribution in [2.24, 2.45) is 5.92 Å². The monoisotopic (exact) mass is 459 g/mol. The lowest BCUT2D eigenvalue weighted by Gasteiger charge is -2.61. The Morgan fingerprint density at radius 2 is 2.06 bits per heavy atom. The molecule has 0 radical (unpaired) electrons. The molecule has 3 heterocycles. The number of amides is 2. The summed E-state index contributed by atoms with van der Waals surface area (Å²) in [6.45, 7) is 3.82. The van der Waals surface area contributed by atoms with Gasteiger partial charge in [-0.25, -0.2) is 13.6 Å². The van der Waals surface area contributed by atoms with Crippen LogP contribution in [-0.4, -0.2) is 32.2 Å². The summed E-state index contributed by atoms with van der Waals surface area (Å²) in [6.07, 6.45) is 4.72. The van der Waals surface area contributed by atoms with Crippen LogP contribution in [0.25, 0.3) is 11.1 Å². The third kappa shape index (κ3) is 3.31. The SMILES string of the molecule is Cc1nnc(C23CC(C)CC(C2)N3C(=O)Nc2cc(-c3cncc(F)c3)c(Cl)cc2F)o1. The van der Waals surface area contributed by atoms with E-state index in [9.17, 15) is 13.6 Å². The molecule has 2 bridgehead atoms. The molecule has 1 saturated heterocycles. The van der Waals surface area contributed by atoms with E-state index in [1.807, 2.05) is 0 Å². The van der Waals surface area contributed by atoms with E-state index in [1.54, 1.807) is 11.8 Å². The molecule has 7 nitrogen and oxygen atoms in total. The van der Waals surface area contributed by atoms with E-state index < -0.39 is 23.2 Å². The molecule has 2 amide bonds. The molecule has 1 aliphatic carbocycles. The molecule has 166 valence electrons. The number of carbonyl (C=O) groups excluding carboxylic acids is 1. The summed E-state index contributed by atoms with van der Waals surface area (Å²) >= 11 is 6.18. The number of carbonyl (C=O) groups is 1. The number of hydrogen-bond acceptors (Lipinski definition) is 5. The largest absolute Gasteiger partial charge is 0.423 e. The average Bonchev–Trinajstić information content (AvgIpc) is 3.16. The van der Waals surface area contributed by atoms with Crippen molar-refractivity contribution in [2.45, 2.75) is 44.7 Å². The first-order valence-electron chi connectivity index (χ1n) is 10.3. The Hall–Kier alpha value is -3.07. The summed E-state index contributed by atoms with van der Waals surface area (Å²) in [5.74, 6) is -0.0418. The number of benzene rings is 1. The lowest BCUT2D eigenvalue weighted by Crippen LogP contribution is -2.70. The number of halogens is 3. The number of aryl methyl sites for hydroxylation is 1. The first-order valence-corrected chi connectivity index (χ1v) is 10.7. The van der Waals surface area contributed by atoms with Crippen LogP contribution in [0, 0.1) is 24.5 Å². The molecule has 0 spiro atoms. The van der Waals surface area contributed by atoms with Crippen molar-refractivity contribution in [3.63, 3.8) is 0 Å². The number of urea groups is 1. The number of aromatic nitrogens is 3. The van der Waals surface area contributed by atoms with Crippen LogP contribution in [0.3, 0.4) is 0 Å². The van der Waals surface area contributed by atoms with E-state index in [1.165, 1.54) is 18.3 Å². The third-order valence-corrected chi connectivity index (χ3v) is 6.53. The van der Waals surface area contributed by atoms with Crippen molar-refractivity contribution in [3.05, 3.63) is 59.0 Å². The summed E-state index contributed by atoms with van der Waals surface area (Å²) in [4.78, 5) is 18.8. The van der Waals surface area contributed by atoms with Gasteiger partial charge < -0.3 is 14.6 Å². The highest BCUT2D eigenvalue weighted by molar-refractivity contribution is 6.33. The number of fused-ring (bicyclic) bond motifs is 2. The number of rotatable bonds is 3.